The summed E-state index contributed by atoms with van der Waals surface area (Å²) in [5.41, 5.74) is 0. The van der Waals surface area contributed by atoms with Gasteiger partial charge in [-0.1, -0.05) is 0 Å². The van der Waals surface area contributed by atoms with Crippen LogP contribution < -0.4 is 0 Å². The molecule has 0 aromatic carbocycles. The molecule has 0 aromatic heterocycles. The number of rotatable bonds is 1. The van der Waals surface area contributed by atoms with E-state index >= 15 is 0 Å². The largest absolute Gasteiger partial charge is 0.386 e. The summed E-state index contributed by atoms with van der Waals surface area (Å²) in [6.45, 7) is 0. The van der Waals surface area contributed by atoms with Crippen LogP contribution in [0.2, 0.25) is 0 Å². The van der Waals surface area contributed by atoms with Crippen molar-refractivity contribution in [2.24, 2.45) is 0 Å². The van der Waals surface area contributed by atoms with Crippen LogP contribution in [0, 0.1) is 6.01 Å². The van der Waals surface area contributed by atoms with Gasteiger partial charge in [0.1, 0.15) is 0 Å². The molecule has 0 amide bonds. The Balaban J connectivity index is 1.97. The molecule has 0 atom stereocenters. The van der Waals surface area contributed by atoms with Crippen LogP contribution in [0.1, 0.15) is 0 Å². The predicted octanol–water partition coefficient (Wildman–Crippen LogP) is 1.69. The van der Waals surface area contributed by atoms with Gasteiger partial charge in [-0.15, -0.1) is 3.89 Å². The second-order valence-electron chi connectivity index (χ2n) is 0.178. The molecule has 4 heavy (non-hydrogen) atoms. The molecule has 3 heteroatoms. The van der Waals surface area contributed by atoms with E-state index in [0.29, 0.717) is 0 Å². The standard InChI is InChI=1S/CHF2S/c2-1-4-3/h1H/q+1. The van der Waals surface area contributed by atoms with Crippen LogP contribution in [0.5, 0.6) is 0 Å². The molecule has 0 spiro atoms. The third kappa shape index (κ3) is 2.08. The fraction of sp³-hybridized carbons (Fsp3) is 0. The van der Waals surface area contributed by atoms with Crippen molar-refractivity contribution < 1.29 is 8.28 Å². The lowest BCUT2D eigenvalue weighted by atomic mass is 11.8. The van der Waals surface area contributed by atoms with Crippen LogP contribution in [-0.4, -0.2) is 0 Å². The first-order valence-electron chi connectivity index (χ1n) is 0.608. The Morgan fingerprint density at radius 1 is 1.75 bits per heavy atom. The zero-order valence-electron chi connectivity index (χ0n) is 1.74. The van der Waals surface area contributed by atoms with Crippen LogP contribution in [-0.2, 0) is 0 Å². The van der Waals surface area contributed by atoms with Gasteiger partial charge in [0.05, 0.1) is 0 Å². The van der Waals surface area contributed by atoms with E-state index in [1.165, 1.54) is 0 Å². The maximum atomic E-state index is 10.2. The highest BCUT2D eigenvalue weighted by Crippen LogP contribution is 2.03. The Bertz CT molecular complexity index is 8.00. The number of hydrogen-bond donors (Lipinski definition) is 0. The van der Waals surface area contributed by atoms with E-state index in [4.69, 9.17) is 0 Å². The average Bonchev–Trinajstić information content (AvgIpc) is 1.37. The zero-order chi connectivity index (χ0) is 3.41. The highest BCUT2D eigenvalue weighted by molar-refractivity contribution is 7.96. The summed E-state index contributed by atoms with van der Waals surface area (Å²) in [4.78, 5) is 0. The van der Waals surface area contributed by atoms with E-state index in [9.17, 15) is 8.28 Å². The van der Waals surface area contributed by atoms with Gasteiger partial charge >= 0.3 is 18.2 Å². The van der Waals surface area contributed by atoms with Crippen molar-refractivity contribution in [1.82, 2.24) is 0 Å². The number of halogens is 2. The normalized spacial score (nSPS) is 6.50. The first-order chi connectivity index (χ1) is 1.91. The van der Waals surface area contributed by atoms with Crippen molar-refractivity contribution in [3.05, 3.63) is 6.01 Å². The van der Waals surface area contributed by atoms with Crippen molar-refractivity contribution in [3.8, 4) is 0 Å². The highest BCUT2D eigenvalue weighted by Gasteiger charge is 1.87. The molecular formula is CHF2S+. The van der Waals surface area contributed by atoms with Gasteiger partial charge in [0.15, 0.2) is 0 Å². The van der Waals surface area contributed by atoms with Crippen LogP contribution in [0.15, 0.2) is 0 Å². The van der Waals surface area contributed by atoms with Gasteiger partial charge in [-0.2, -0.15) is 0 Å². The molecule has 0 heterocycles. The van der Waals surface area contributed by atoms with Gasteiger partial charge in [-0.25, -0.2) is 0 Å². The van der Waals surface area contributed by atoms with E-state index in [0.717, 1.165) is 0 Å². The second kappa shape index (κ2) is 3.08. The first kappa shape index (κ1) is 4.08. The van der Waals surface area contributed by atoms with Gasteiger partial charge in [0.25, 0.3) is 0 Å². The Morgan fingerprint density at radius 3 is 2.00 bits per heavy atom. The number of hydrogen-bond acceptors (Lipinski definition) is 1. The Labute approximate surface area is 27.5 Å². The summed E-state index contributed by atoms with van der Waals surface area (Å²) >= 11 is -0.435. The van der Waals surface area contributed by atoms with E-state index in [1.54, 1.807) is 0 Å². The van der Waals surface area contributed by atoms with Gasteiger partial charge in [-0.05, 0) is 0 Å². The lowest BCUT2D eigenvalue weighted by Gasteiger charge is -1.39. The van der Waals surface area contributed by atoms with Crippen LogP contribution in [0.3, 0.4) is 0 Å². The van der Waals surface area contributed by atoms with Crippen molar-refractivity contribution in [2.45, 2.75) is 0 Å². The molecule has 0 fully saturated rings. The van der Waals surface area contributed by atoms with Crippen molar-refractivity contribution in [2.75, 3.05) is 0 Å². The van der Waals surface area contributed by atoms with Crippen molar-refractivity contribution in [3.63, 3.8) is 0 Å². The molecule has 0 saturated carbocycles. The Kier molecular flexibility index (Phi) is 3.14. The SMILES string of the molecule is F[CH+]SF. The molecule has 0 aromatic rings. The summed E-state index contributed by atoms with van der Waals surface area (Å²) in [7, 11) is 0. The molecule has 0 nitrogen and oxygen atoms in total. The highest BCUT2D eigenvalue weighted by atomic mass is 32.2. The third-order valence-electron chi connectivity index (χ3n) is 0.0337. The molecule has 0 rings (SSSR count). The Hall–Kier alpha value is 0.0800. The minimum atomic E-state index is -0.435. The molecule has 0 saturated heterocycles. The summed E-state index contributed by atoms with van der Waals surface area (Å²) in [6, 6.07) is -0.125. The maximum absolute atomic E-state index is 10.2. The summed E-state index contributed by atoms with van der Waals surface area (Å²) in [5, 5.41) is 0. The molecular weight excluding hydrogens is 82.1 g/mol. The molecule has 0 radical (unpaired) electrons. The quantitative estimate of drug-likeness (QED) is 0.435. The third-order valence-corrected chi connectivity index (χ3v) is 0.101. The zero-order valence-corrected chi connectivity index (χ0v) is 2.56. The molecule has 24 valence electrons. The monoisotopic (exact) mass is 83.0 g/mol. The topological polar surface area (TPSA) is 0 Å². The lowest BCUT2D eigenvalue weighted by molar-refractivity contribution is 0.681. The molecule has 0 N–H and O–H groups in total. The lowest BCUT2D eigenvalue weighted by Crippen LogP contribution is -1.27. The second-order valence-corrected chi connectivity index (χ2v) is 0.535. The minimum absolute atomic E-state index is 0.125. The molecule has 0 aliphatic heterocycles. The van der Waals surface area contributed by atoms with Gasteiger partial charge in [0.2, 0.25) is 0 Å². The van der Waals surface area contributed by atoms with Crippen LogP contribution in [0.25, 0.3) is 0 Å². The first-order valence-corrected chi connectivity index (χ1v) is 1.39. The van der Waals surface area contributed by atoms with Gasteiger partial charge < -0.3 is 0 Å². The fourth-order valence-corrected chi connectivity index (χ4v) is 0. The fourth-order valence-electron chi connectivity index (χ4n) is 0. The van der Waals surface area contributed by atoms with Gasteiger partial charge in [-0.3, -0.25) is 0 Å². The maximum Gasteiger partial charge on any atom is 0.386 e. The van der Waals surface area contributed by atoms with E-state index in [1.807, 2.05) is 0 Å². The predicted molar refractivity (Wildman–Crippen MR) is 14.1 cm³/mol. The van der Waals surface area contributed by atoms with Crippen LogP contribution >= 0.6 is 12.1 Å². The molecule has 0 aliphatic rings. The van der Waals surface area contributed by atoms with E-state index < -0.39 is 12.1 Å². The van der Waals surface area contributed by atoms with E-state index in [2.05, 4.69) is 0 Å². The summed E-state index contributed by atoms with van der Waals surface area (Å²) in [6.07, 6.45) is 0. The smallest absolute Gasteiger partial charge is 0.107 e. The van der Waals surface area contributed by atoms with E-state index in [-0.39, 0.29) is 6.01 Å². The van der Waals surface area contributed by atoms with Crippen molar-refractivity contribution in [1.29, 1.82) is 0 Å². The van der Waals surface area contributed by atoms with Crippen molar-refractivity contribution >= 4 is 12.1 Å². The molecule has 0 unspecified atom stereocenters. The van der Waals surface area contributed by atoms with Crippen LogP contribution in [0.4, 0.5) is 8.28 Å². The molecule has 0 bridgehead atoms. The summed E-state index contributed by atoms with van der Waals surface area (Å²) in [5.74, 6) is 0. The molecule has 0 aliphatic carbocycles. The minimum Gasteiger partial charge on any atom is -0.107 e. The van der Waals surface area contributed by atoms with Gasteiger partial charge in [0, 0.05) is 4.39 Å². The Morgan fingerprint density at radius 2 is 2.00 bits per heavy atom. The summed E-state index contributed by atoms with van der Waals surface area (Å²) < 4.78 is 20.4. The average molecular weight is 83.1 g/mol.